The predicted octanol–water partition coefficient (Wildman–Crippen LogP) is 4.48. The monoisotopic (exact) mass is 440 g/mol. The molecule has 1 N–H and O–H groups in total. The number of piperidine rings is 1. The molecule has 2 aromatic carbocycles. The van der Waals surface area contributed by atoms with Gasteiger partial charge in [0.15, 0.2) is 0 Å². The molecule has 0 spiro atoms. The molecule has 1 amide bonds. The number of hydrogen-bond donors (Lipinski definition) is 1. The van der Waals surface area contributed by atoms with Crippen LogP contribution in [0.5, 0.6) is 0 Å². The van der Waals surface area contributed by atoms with Crippen LogP contribution in [0.4, 0.5) is 5.69 Å². The molecule has 0 unspecified atom stereocenters. The van der Waals surface area contributed by atoms with Gasteiger partial charge in [0.05, 0.1) is 21.7 Å². The maximum absolute atomic E-state index is 12.8. The number of halogens is 2. The third-order valence-electron chi connectivity index (χ3n) is 4.77. The van der Waals surface area contributed by atoms with E-state index in [9.17, 15) is 13.2 Å². The molecule has 1 heterocycles. The van der Waals surface area contributed by atoms with E-state index in [1.54, 1.807) is 18.2 Å². The number of rotatable bonds is 5. The van der Waals surface area contributed by atoms with Gasteiger partial charge in [-0.1, -0.05) is 41.4 Å². The van der Waals surface area contributed by atoms with Crippen molar-refractivity contribution in [2.45, 2.75) is 25.5 Å². The molecule has 1 fully saturated rings. The van der Waals surface area contributed by atoms with Crippen molar-refractivity contribution in [2.75, 3.05) is 18.4 Å². The summed E-state index contributed by atoms with van der Waals surface area (Å²) in [5.74, 6) is -0.700. The molecule has 1 saturated heterocycles. The van der Waals surface area contributed by atoms with Crippen molar-refractivity contribution in [1.29, 1.82) is 0 Å². The molecule has 0 bridgehead atoms. The number of anilines is 1. The summed E-state index contributed by atoms with van der Waals surface area (Å²) in [6.45, 7) is 2.55. The molecule has 2 aromatic rings. The van der Waals surface area contributed by atoms with Gasteiger partial charge in [0, 0.05) is 18.8 Å². The zero-order valence-electron chi connectivity index (χ0n) is 15.5. The minimum absolute atomic E-state index is 0.153. The van der Waals surface area contributed by atoms with E-state index in [4.69, 9.17) is 23.2 Å². The molecule has 150 valence electrons. The smallest absolute Gasteiger partial charge is 0.228 e. The standard InChI is InChI=1S/C20H22Cl2N2O3S/c1-14-4-2-6-17(10-14)23-20(25)16-5-3-9-24(12-16)28(26,27)13-15-7-8-18(21)19(22)11-15/h2,4,6-8,10-11,16H,3,5,9,12-13H2,1H3,(H,23,25)/t16-/m1/s1. The largest absolute Gasteiger partial charge is 0.326 e. The number of benzene rings is 2. The Hall–Kier alpha value is -1.60. The Kier molecular flexibility index (Phi) is 6.65. The van der Waals surface area contributed by atoms with Crippen LogP contribution >= 0.6 is 23.2 Å². The van der Waals surface area contributed by atoms with E-state index in [2.05, 4.69) is 5.32 Å². The SMILES string of the molecule is Cc1cccc(NC(=O)[C@@H]2CCCN(S(=O)(=O)Cc3ccc(Cl)c(Cl)c3)C2)c1. The summed E-state index contributed by atoms with van der Waals surface area (Å²) in [7, 11) is -3.56. The second-order valence-electron chi connectivity index (χ2n) is 7.06. The molecule has 1 aliphatic heterocycles. The second-order valence-corrected chi connectivity index (χ2v) is 9.84. The van der Waals surface area contributed by atoms with Gasteiger partial charge in [0.2, 0.25) is 15.9 Å². The number of nitrogens with zero attached hydrogens (tertiary/aromatic N) is 1. The van der Waals surface area contributed by atoms with Crippen LogP contribution in [-0.4, -0.2) is 31.7 Å². The maximum Gasteiger partial charge on any atom is 0.228 e. The Bertz CT molecular complexity index is 979. The summed E-state index contributed by atoms with van der Waals surface area (Å²) in [5, 5.41) is 3.60. The average molecular weight is 441 g/mol. The predicted molar refractivity (Wildman–Crippen MR) is 113 cm³/mol. The van der Waals surface area contributed by atoms with E-state index in [1.807, 2.05) is 31.2 Å². The first-order valence-electron chi connectivity index (χ1n) is 9.04. The molecular weight excluding hydrogens is 419 g/mol. The fraction of sp³-hybridized carbons (Fsp3) is 0.350. The highest BCUT2D eigenvalue weighted by Crippen LogP contribution is 2.26. The highest BCUT2D eigenvalue weighted by Gasteiger charge is 2.32. The summed E-state index contributed by atoms with van der Waals surface area (Å²) in [4.78, 5) is 12.6. The number of amides is 1. The third kappa shape index (κ3) is 5.26. The normalized spacial score (nSPS) is 18.0. The number of nitrogens with one attached hydrogen (secondary N) is 1. The van der Waals surface area contributed by atoms with Crippen molar-refractivity contribution in [3.63, 3.8) is 0 Å². The van der Waals surface area contributed by atoms with Gasteiger partial charge >= 0.3 is 0 Å². The number of hydrogen-bond acceptors (Lipinski definition) is 3. The van der Waals surface area contributed by atoms with Crippen LogP contribution in [0.2, 0.25) is 10.0 Å². The first-order valence-corrected chi connectivity index (χ1v) is 11.4. The number of aryl methyl sites for hydroxylation is 1. The Morgan fingerprint density at radius 3 is 2.68 bits per heavy atom. The Morgan fingerprint density at radius 1 is 1.18 bits per heavy atom. The quantitative estimate of drug-likeness (QED) is 0.744. The summed E-state index contributed by atoms with van der Waals surface area (Å²) in [6, 6.07) is 12.3. The van der Waals surface area contributed by atoms with Crippen molar-refractivity contribution in [3.8, 4) is 0 Å². The fourth-order valence-corrected chi connectivity index (χ4v) is 5.23. The summed E-state index contributed by atoms with van der Waals surface area (Å²) >= 11 is 11.9. The van der Waals surface area contributed by atoms with Crippen molar-refractivity contribution in [3.05, 3.63) is 63.6 Å². The van der Waals surface area contributed by atoms with Crippen LogP contribution in [0.3, 0.4) is 0 Å². The lowest BCUT2D eigenvalue weighted by Gasteiger charge is -2.31. The van der Waals surface area contributed by atoms with Crippen molar-refractivity contribution in [1.82, 2.24) is 4.31 Å². The molecule has 3 rings (SSSR count). The van der Waals surface area contributed by atoms with E-state index in [0.717, 1.165) is 11.3 Å². The lowest BCUT2D eigenvalue weighted by molar-refractivity contribution is -0.120. The molecule has 28 heavy (non-hydrogen) atoms. The topological polar surface area (TPSA) is 66.5 Å². The fourth-order valence-electron chi connectivity index (χ4n) is 3.31. The van der Waals surface area contributed by atoms with Gasteiger partial charge in [-0.3, -0.25) is 4.79 Å². The van der Waals surface area contributed by atoms with Gasteiger partial charge in [-0.2, -0.15) is 0 Å². The van der Waals surface area contributed by atoms with Gasteiger partial charge in [-0.05, 0) is 55.2 Å². The van der Waals surface area contributed by atoms with Gasteiger partial charge < -0.3 is 5.32 Å². The summed E-state index contributed by atoms with van der Waals surface area (Å²) in [5.41, 5.74) is 2.34. The van der Waals surface area contributed by atoms with Gasteiger partial charge in [-0.25, -0.2) is 12.7 Å². The molecule has 1 aliphatic rings. The van der Waals surface area contributed by atoms with E-state index in [-0.39, 0.29) is 24.1 Å². The Morgan fingerprint density at radius 2 is 1.96 bits per heavy atom. The molecule has 1 atom stereocenters. The van der Waals surface area contributed by atoms with Crippen molar-refractivity contribution < 1.29 is 13.2 Å². The van der Waals surface area contributed by atoms with E-state index in [0.29, 0.717) is 35.0 Å². The lowest BCUT2D eigenvalue weighted by Crippen LogP contribution is -2.44. The zero-order chi connectivity index (χ0) is 20.3. The Balaban J connectivity index is 1.67. The number of carbonyl (C=O) groups is 1. The van der Waals surface area contributed by atoms with Gasteiger partial charge in [0.1, 0.15) is 0 Å². The minimum Gasteiger partial charge on any atom is -0.326 e. The van der Waals surface area contributed by atoms with Crippen molar-refractivity contribution in [2.24, 2.45) is 5.92 Å². The number of sulfonamides is 1. The van der Waals surface area contributed by atoms with Gasteiger partial charge in [-0.15, -0.1) is 0 Å². The van der Waals surface area contributed by atoms with Crippen LogP contribution in [0.25, 0.3) is 0 Å². The van der Waals surface area contributed by atoms with Gasteiger partial charge in [0.25, 0.3) is 0 Å². The first-order chi connectivity index (χ1) is 13.2. The van der Waals surface area contributed by atoms with Crippen molar-refractivity contribution >= 4 is 44.8 Å². The van der Waals surface area contributed by atoms with E-state index < -0.39 is 10.0 Å². The second kappa shape index (κ2) is 8.82. The lowest BCUT2D eigenvalue weighted by atomic mass is 9.98. The highest BCUT2D eigenvalue weighted by molar-refractivity contribution is 7.88. The van der Waals surface area contributed by atoms with Crippen LogP contribution in [-0.2, 0) is 20.6 Å². The van der Waals surface area contributed by atoms with Crippen LogP contribution in [0, 0.1) is 12.8 Å². The minimum atomic E-state index is -3.56. The molecule has 5 nitrogen and oxygen atoms in total. The molecular formula is C20H22Cl2N2O3S. The van der Waals surface area contributed by atoms with E-state index >= 15 is 0 Å². The number of carbonyl (C=O) groups excluding carboxylic acids is 1. The molecule has 0 radical (unpaired) electrons. The zero-order valence-corrected chi connectivity index (χ0v) is 17.8. The molecule has 0 saturated carbocycles. The van der Waals surface area contributed by atoms with Crippen LogP contribution in [0.1, 0.15) is 24.0 Å². The third-order valence-corrected chi connectivity index (χ3v) is 7.32. The maximum atomic E-state index is 12.8. The van der Waals surface area contributed by atoms with Crippen LogP contribution in [0.15, 0.2) is 42.5 Å². The summed E-state index contributed by atoms with van der Waals surface area (Å²) in [6.07, 6.45) is 1.31. The molecule has 8 heteroatoms. The average Bonchev–Trinajstić information content (AvgIpc) is 2.65. The van der Waals surface area contributed by atoms with Crippen LogP contribution < -0.4 is 5.32 Å². The first kappa shape index (κ1) is 21.1. The molecule has 0 aromatic heterocycles. The molecule has 0 aliphatic carbocycles. The Labute approximate surface area is 175 Å². The summed E-state index contributed by atoms with van der Waals surface area (Å²) < 4.78 is 27.1. The highest BCUT2D eigenvalue weighted by atomic mass is 35.5. The van der Waals surface area contributed by atoms with E-state index in [1.165, 1.54) is 4.31 Å².